The van der Waals surface area contributed by atoms with Gasteiger partial charge in [-0.3, -0.25) is 0 Å². The monoisotopic (exact) mass is 284 g/mol. The number of hydrogen-bond donors (Lipinski definition) is 2. The van der Waals surface area contributed by atoms with Gasteiger partial charge in [0.15, 0.2) is 5.84 Å². The van der Waals surface area contributed by atoms with Crippen molar-refractivity contribution in [3.05, 3.63) is 53.6 Å². The summed E-state index contributed by atoms with van der Waals surface area (Å²) in [5, 5.41) is 12.1. The largest absolute Gasteiger partial charge is 0.493 e. The molecule has 0 fully saturated rings. The molecule has 0 aromatic heterocycles. The molecule has 4 nitrogen and oxygen atoms in total. The normalized spacial score (nSPS) is 11.4. The summed E-state index contributed by atoms with van der Waals surface area (Å²) in [6.07, 6.45) is 0.947. The molecule has 21 heavy (non-hydrogen) atoms. The molecule has 0 saturated heterocycles. The predicted octanol–water partition coefficient (Wildman–Crippen LogP) is 3.41. The fourth-order valence-corrected chi connectivity index (χ4v) is 2.28. The highest BCUT2D eigenvalue weighted by molar-refractivity contribution is 6.03. The molecule has 0 aliphatic rings. The first kappa shape index (κ1) is 14.9. The van der Waals surface area contributed by atoms with Gasteiger partial charge in [0.05, 0.1) is 6.61 Å². The molecule has 0 aliphatic heterocycles. The summed E-state index contributed by atoms with van der Waals surface area (Å²) >= 11 is 0. The van der Waals surface area contributed by atoms with E-state index in [0.717, 1.165) is 23.3 Å². The van der Waals surface area contributed by atoms with Gasteiger partial charge >= 0.3 is 0 Å². The van der Waals surface area contributed by atoms with Crippen LogP contribution in [0.1, 0.15) is 25.0 Å². The van der Waals surface area contributed by atoms with Crippen LogP contribution in [0.25, 0.3) is 11.1 Å². The molecule has 0 atom stereocenters. The van der Waals surface area contributed by atoms with Gasteiger partial charge in [-0.15, -0.1) is 0 Å². The number of oxime groups is 1. The van der Waals surface area contributed by atoms with Crippen LogP contribution in [-0.4, -0.2) is 17.6 Å². The molecule has 0 saturated carbocycles. The number of nitrogens with two attached hydrogens (primary N) is 1. The summed E-state index contributed by atoms with van der Waals surface area (Å²) in [5.41, 5.74) is 9.50. The van der Waals surface area contributed by atoms with Gasteiger partial charge in [-0.05, 0) is 30.5 Å². The summed E-state index contributed by atoms with van der Waals surface area (Å²) in [5.74, 6) is 0.905. The zero-order chi connectivity index (χ0) is 15.2. The van der Waals surface area contributed by atoms with E-state index in [4.69, 9.17) is 15.7 Å². The van der Waals surface area contributed by atoms with Gasteiger partial charge in [-0.25, -0.2) is 0 Å². The summed E-state index contributed by atoms with van der Waals surface area (Å²) in [4.78, 5) is 0. The van der Waals surface area contributed by atoms with Gasteiger partial charge in [0.1, 0.15) is 5.75 Å². The topological polar surface area (TPSA) is 67.8 Å². The molecule has 2 aromatic carbocycles. The number of amidine groups is 1. The van der Waals surface area contributed by atoms with E-state index in [1.807, 2.05) is 43.3 Å². The van der Waals surface area contributed by atoms with Gasteiger partial charge in [0, 0.05) is 11.1 Å². The van der Waals surface area contributed by atoms with E-state index < -0.39 is 0 Å². The summed E-state index contributed by atoms with van der Waals surface area (Å²) in [6.45, 7) is 4.65. The van der Waals surface area contributed by atoms with Gasteiger partial charge in [0.2, 0.25) is 0 Å². The Hall–Kier alpha value is -2.49. The summed E-state index contributed by atoms with van der Waals surface area (Å²) in [7, 11) is 0. The van der Waals surface area contributed by atoms with Crippen molar-refractivity contribution < 1.29 is 9.94 Å². The summed E-state index contributed by atoms with van der Waals surface area (Å²) in [6, 6.07) is 13.7. The maximum absolute atomic E-state index is 8.95. The first-order valence-corrected chi connectivity index (χ1v) is 7.04. The Morgan fingerprint density at radius 1 is 1.14 bits per heavy atom. The quantitative estimate of drug-likeness (QED) is 0.382. The van der Waals surface area contributed by atoms with Crippen LogP contribution in [0.2, 0.25) is 0 Å². The van der Waals surface area contributed by atoms with Crippen LogP contribution in [0.3, 0.4) is 0 Å². The molecule has 2 aromatic rings. The number of hydrogen-bond acceptors (Lipinski definition) is 3. The predicted molar refractivity (Wildman–Crippen MR) is 84.9 cm³/mol. The second-order valence-corrected chi connectivity index (χ2v) is 4.65. The number of nitrogens with zero attached hydrogens (tertiary/aromatic N) is 1. The molecule has 0 bridgehead atoms. The molecule has 0 aliphatic carbocycles. The molecule has 0 amide bonds. The molecule has 2 rings (SSSR count). The van der Waals surface area contributed by atoms with Crippen molar-refractivity contribution in [3.63, 3.8) is 0 Å². The highest BCUT2D eigenvalue weighted by atomic mass is 16.5. The second kappa shape index (κ2) is 6.79. The molecular formula is C17H20N2O2. The lowest BCUT2D eigenvalue weighted by Crippen LogP contribution is -2.14. The van der Waals surface area contributed by atoms with Crippen LogP contribution in [0, 0.1) is 0 Å². The van der Waals surface area contributed by atoms with Gasteiger partial charge in [-0.2, -0.15) is 0 Å². The third kappa shape index (κ3) is 3.16. The van der Waals surface area contributed by atoms with Crippen molar-refractivity contribution in [2.75, 3.05) is 6.61 Å². The minimum absolute atomic E-state index is 0.0904. The van der Waals surface area contributed by atoms with Crippen LogP contribution in [0.4, 0.5) is 0 Å². The smallest absolute Gasteiger partial charge is 0.170 e. The Kier molecular flexibility index (Phi) is 4.82. The Morgan fingerprint density at radius 3 is 2.57 bits per heavy atom. The fourth-order valence-electron chi connectivity index (χ4n) is 2.28. The highest BCUT2D eigenvalue weighted by Gasteiger charge is 2.13. The maximum Gasteiger partial charge on any atom is 0.170 e. The zero-order valence-electron chi connectivity index (χ0n) is 12.3. The average molecular weight is 284 g/mol. The minimum atomic E-state index is 0.0904. The third-order valence-corrected chi connectivity index (χ3v) is 3.36. The van der Waals surface area contributed by atoms with Crippen LogP contribution >= 0.6 is 0 Å². The number of aryl methyl sites for hydroxylation is 1. The Balaban J connectivity index is 2.61. The number of ether oxygens (including phenoxy) is 1. The molecule has 0 radical (unpaired) electrons. The molecule has 0 heterocycles. The molecule has 0 unspecified atom stereocenters. The fraction of sp³-hybridized carbons (Fsp3) is 0.235. The van der Waals surface area contributed by atoms with Crippen molar-refractivity contribution in [2.45, 2.75) is 20.3 Å². The van der Waals surface area contributed by atoms with Gasteiger partial charge < -0.3 is 15.7 Å². The number of benzene rings is 2. The van der Waals surface area contributed by atoms with E-state index in [9.17, 15) is 0 Å². The van der Waals surface area contributed by atoms with Crippen LogP contribution in [0.5, 0.6) is 5.75 Å². The molecule has 3 N–H and O–H groups in total. The maximum atomic E-state index is 8.95. The summed E-state index contributed by atoms with van der Waals surface area (Å²) < 4.78 is 5.76. The van der Waals surface area contributed by atoms with Crippen molar-refractivity contribution in [1.29, 1.82) is 0 Å². The second-order valence-electron chi connectivity index (χ2n) is 4.65. The van der Waals surface area contributed by atoms with Crippen LogP contribution in [0.15, 0.2) is 47.6 Å². The average Bonchev–Trinajstić information content (AvgIpc) is 2.54. The first-order valence-electron chi connectivity index (χ1n) is 7.04. The minimum Gasteiger partial charge on any atom is -0.493 e. The Morgan fingerprint density at radius 2 is 1.90 bits per heavy atom. The van der Waals surface area contributed by atoms with E-state index in [1.54, 1.807) is 0 Å². The van der Waals surface area contributed by atoms with E-state index in [1.165, 1.54) is 5.56 Å². The third-order valence-electron chi connectivity index (χ3n) is 3.36. The van der Waals surface area contributed by atoms with Crippen LogP contribution < -0.4 is 10.5 Å². The zero-order valence-corrected chi connectivity index (χ0v) is 12.3. The van der Waals surface area contributed by atoms with Crippen molar-refractivity contribution in [2.24, 2.45) is 10.9 Å². The molecular weight excluding hydrogens is 264 g/mol. The van der Waals surface area contributed by atoms with Crippen molar-refractivity contribution in [1.82, 2.24) is 0 Å². The number of rotatable bonds is 5. The van der Waals surface area contributed by atoms with Gasteiger partial charge in [-0.1, -0.05) is 48.5 Å². The van der Waals surface area contributed by atoms with E-state index in [0.29, 0.717) is 12.2 Å². The SMILES string of the molecule is CCOc1cc(CC)ccc1-c1ccccc1C(N)=NO. The Labute approximate surface area is 124 Å². The van der Waals surface area contributed by atoms with E-state index in [2.05, 4.69) is 18.1 Å². The standard InChI is InChI=1S/C17H20N2O2/c1-3-12-9-10-14(16(11-12)21-4-2)13-7-5-6-8-15(13)17(18)19-20/h5-11,20H,3-4H2,1-2H3,(H2,18,19). The lowest BCUT2D eigenvalue weighted by molar-refractivity contribution is 0.318. The molecule has 0 spiro atoms. The lowest BCUT2D eigenvalue weighted by atomic mass is 9.96. The van der Waals surface area contributed by atoms with Crippen molar-refractivity contribution in [3.8, 4) is 16.9 Å². The molecule has 4 heteroatoms. The van der Waals surface area contributed by atoms with E-state index >= 15 is 0 Å². The Bertz CT molecular complexity index is 651. The first-order chi connectivity index (χ1) is 10.2. The molecule has 110 valence electrons. The highest BCUT2D eigenvalue weighted by Crippen LogP contribution is 2.33. The van der Waals surface area contributed by atoms with E-state index in [-0.39, 0.29) is 5.84 Å². The van der Waals surface area contributed by atoms with Gasteiger partial charge in [0.25, 0.3) is 0 Å². The van der Waals surface area contributed by atoms with Crippen LogP contribution in [-0.2, 0) is 6.42 Å². The van der Waals surface area contributed by atoms with Crippen molar-refractivity contribution >= 4 is 5.84 Å². The lowest BCUT2D eigenvalue weighted by Gasteiger charge is -2.14.